The molecule has 0 bridgehead atoms. The van der Waals surface area contributed by atoms with Gasteiger partial charge in [-0.2, -0.15) is 0 Å². The van der Waals surface area contributed by atoms with Gasteiger partial charge in [0.25, 0.3) is 17.4 Å². The maximum atomic E-state index is 14.9. The lowest BCUT2D eigenvalue weighted by Gasteiger charge is -2.32. The van der Waals surface area contributed by atoms with E-state index in [9.17, 15) is 27.2 Å². The summed E-state index contributed by atoms with van der Waals surface area (Å²) in [5, 5.41) is 2.60. The molecule has 1 fully saturated rings. The van der Waals surface area contributed by atoms with Gasteiger partial charge in [0.1, 0.15) is 11.3 Å². The Morgan fingerprint density at radius 1 is 1.16 bits per heavy atom. The number of amides is 2. The van der Waals surface area contributed by atoms with Crippen molar-refractivity contribution in [2.24, 2.45) is 0 Å². The van der Waals surface area contributed by atoms with E-state index in [4.69, 9.17) is 0 Å². The molecule has 1 aliphatic carbocycles. The highest BCUT2D eigenvalue weighted by Gasteiger charge is 2.54. The molecule has 0 saturated heterocycles. The summed E-state index contributed by atoms with van der Waals surface area (Å²) in [5.74, 6) is -2.45. The Labute approximate surface area is 185 Å². The zero-order chi connectivity index (χ0) is 23.3. The van der Waals surface area contributed by atoms with E-state index in [1.54, 1.807) is 0 Å². The molecule has 1 aromatic heterocycles. The van der Waals surface area contributed by atoms with Gasteiger partial charge in [-0.15, -0.1) is 0 Å². The first-order valence-electron chi connectivity index (χ1n) is 10.3. The van der Waals surface area contributed by atoms with Crippen LogP contribution in [0, 0.1) is 12.7 Å². The van der Waals surface area contributed by atoms with E-state index in [1.165, 1.54) is 4.90 Å². The number of benzene rings is 1. The summed E-state index contributed by atoms with van der Waals surface area (Å²) in [4.78, 5) is 39.5. The van der Waals surface area contributed by atoms with Crippen molar-refractivity contribution >= 4 is 21.7 Å². The summed E-state index contributed by atoms with van der Waals surface area (Å²) in [6.07, 6.45) is 2.03. The number of fused-ring (bicyclic) bond motifs is 1. The Bertz CT molecular complexity index is 1260. The van der Waals surface area contributed by atoms with Crippen molar-refractivity contribution in [2.75, 3.05) is 19.3 Å². The minimum atomic E-state index is -3.37. The van der Waals surface area contributed by atoms with Crippen LogP contribution in [0.4, 0.5) is 4.39 Å². The number of pyridine rings is 1. The molecule has 1 aromatic carbocycles. The molecule has 0 atom stereocenters. The van der Waals surface area contributed by atoms with E-state index in [1.807, 2.05) is 31.2 Å². The molecule has 1 saturated carbocycles. The number of nitrogens with one attached hydrogen (secondary N) is 1. The molecule has 2 heterocycles. The molecular weight excluding hydrogens is 437 g/mol. The lowest BCUT2D eigenvalue weighted by molar-refractivity contribution is 0.0687. The van der Waals surface area contributed by atoms with Crippen LogP contribution in [-0.4, -0.2) is 53.8 Å². The number of rotatable bonds is 6. The molecule has 2 aromatic rings. The summed E-state index contributed by atoms with van der Waals surface area (Å²) >= 11 is 0. The minimum Gasteiger partial charge on any atom is -0.348 e. The van der Waals surface area contributed by atoms with Crippen LogP contribution in [-0.2, 0) is 22.9 Å². The number of hydrogen-bond acceptors (Lipinski definition) is 5. The second-order valence-electron chi connectivity index (χ2n) is 8.56. The topological polar surface area (TPSA) is 106 Å². The van der Waals surface area contributed by atoms with Crippen LogP contribution in [0.2, 0.25) is 0 Å². The quantitative estimate of drug-likeness (QED) is 0.697. The summed E-state index contributed by atoms with van der Waals surface area (Å²) in [5.41, 5.74) is 0.321. The molecule has 32 heavy (non-hydrogen) atoms. The van der Waals surface area contributed by atoms with Gasteiger partial charge >= 0.3 is 0 Å². The van der Waals surface area contributed by atoms with Crippen LogP contribution >= 0.6 is 0 Å². The van der Waals surface area contributed by atoms with Gasteiger partial charge in [-0.05, 0) is 31.4 Å². The molecule has 1 N–H and O–H groups in total. The second-order valence-corrected chi connectivity index (χ2v) is 11.0. The van der Waals surface area contributed by atoms with E-state index >= 15 is 0 Å². The number of hydrogen-bond donors (Lipinski definition) is 1. The Balaban J connectivity index is 1.55. The standard InChI is InChI=1S/C22H24FN3O5S/c1-14-3-5-15(6-4-14)12-24-19(27)16-11-17(23)18-21(29)25(9-10-26(18)20(16)28)13-22(7-8-22)32(2,30)31/h3-6,11H,7-10,12-13H2,1-2H3,(H,24,27). The third-order valence-corrected chi connectivity index (χ3v) is 8.33. The van der Waals surface area contributed by atoms with Gasteiger partial charge in [0.15, 0.2) is 15.7 Å². The highest BCUT2D eigenvalue weighted by molar-refractivity contribution is 7.92. The Kier molecular flexibility index (Phi) is 5.44. The first kappa shape index (κ1) is 22.2. The predicted molar refractivity (Wildman–Crippen MR) is 116 cm³/mol. The minimum absolute atomic E-state index is 0.0181. The fraction of sp³-hybridized carbons (Fsp3) is 0.409. The Hall–Kier alpha value is -3.01. The summed E-state index contributed by atoms with van der Waals surface area (Å²) in [6.45, 7) is 2.12. The highest BCUT2D eigenvalue weighted by atomic mass is 32.2. The van der Waals surface area contributed by atoms with E-state index < -0.39 is 43.5 Å². The fourth-order valence-corrected chi connectivity index (χ4v) is 5.20. The second kappa shape index (κ2) is 7.84. The number of carbonyl (C=O) groups excluding carboxylic acids is 2. The molecule has 0 spiro atoms. The fourth-order valence-electron chi connectivity index (χ4n) is 3.97. The van der Waals surface area contributed by atoms with Gasteiger partial charge in [0.05, 0.1) is 4.75 Å². The van der Waals surface area contributed by atoms with Crippen molar-refractivity contribution in [1.29, 1.82) is 0 Å². The summed E-state index contributed by atoms with van der Waals surface area (Å²) in [7, 11) is -3.37. The number of halogens is 1. The van der Waals surface area contributed by atoms with Gasteiger partial charge in [-0.25, -0.2) is 12.8 Å². The van der Waals surface area contributed by atoms with Crippen LogP contribution in [0.5, 0.6) is 0 Å². The van der Waals surface area contributed by atoms with E-state index in [0.717, 1.165) is 28.0 Å². The predicted octanol–water partition coefficient (Wildman–Crippen LogP) is 1.26. The Morgan fingerprint density at radius 2 is 1.81 bits per heavy atom. The normalized spacial score (nSPS) is 17.1. The SMILES string of the molecule is Cc1ccc(CNC(=O)c2cc(F)c3n(c2=O)CCN(CC2(S(C)(=O)=O)CC2)C3=O)cc1. The van der Waals surface area contributed by atoms with Crippen molar-refractivity contribution in [3.8, 4) is 0 Å². The van der Waals surface area contributed by atoms with Crippen LogP contribution in [0.1, 0.15) is 44.8 Å². The number of carbonyl (C=O) groups is 2. The van der Waals surface area contributed by atoms with Gasteiger partial charge in [-0.3, -0.25) is 19.0 Å². The lowest BCUT2D eigenvalue weighted by Crippen LogP contribution is -2.50. The largest absolute Gasteiger partial charge is 0.348 e. The summed E-state index contributed by atoms with van der Waals surface area (Å²) < 4.78 is 39.0. The molecule has 0 radical (unpaired) electrons. The third-order valence-electron chi connectivity index (χ3n) is 6.22. The number of aromatic nitrogens is 1. The van der Waals surface area contributed by atoms with Gasteiger partial charge in [0, 0.05) is 32.4 Å². The molecule has 2 amide bonds. The van der Waals surface area contributed by atoms with Crippen LogP contribution in [0.3, 0.4) is 0 Å². The molecule has 4 rings (SSSR count). The molecule has 0 unspecified atom stereocenters. The Morgan fingerprint density at radius 3 is 2.41 bits per heavy atom. The van der Waals surface area contributed by atoms with Gasteiger partial charge in [-0.1, -0.05) is 29.8 Å². The van der Waals surface area contributed by atoms with Crippen molar-refractivity contribution in [2.45, 2.75) is 37.6 Å². The van der Waals surface area contributed by atoms with Gasteiger partial charge < -0.3 is 10.2 Å². The third kappa shape index (κ3) is 3.94. The number of nitrogens with zero attached hydrogens (tertiary/aromatic N) is 2. The van der Waals surface area contributed by atoms with E-state index in [-0.39, 0.29) is 31.7 Å². The maximum absolute atomic E-state index is 14.9. The average Bonchev–Trinajstić information content (AvgIpc) is 3.52. The lowest BCUT2D eigenvalue weighted by atomic mass is 10.1. The zero-order valence-electron chi connectivity index (χ0n) is 17.9. The zero-order valence-corrected chi connectivity index (χ0v) is 18.7. The molecule has 10 heteroatoms. The first-order valence-corrected chi connectivity index (χ1v) is 12.2. The van der Waals surface area contributed by atoms with Crippen molar-refractivity contribution < 1.29 is 22.4 Å². The van der Waals surface area contributed by atoms with Gasteiger partial charge in [0.2, 0.25) is 0 Å². The molecule has 1 aliphatic heterocycles. The van der Waals surface area contributed by atoms with E-state index in [2.05, 4.69) is 5.32 Å². The molecule has 8 nitrogen and oxygen atoms in total. The smallest absolute Gasteiger partial charge is 0.273 e. The molecule has 170 valence electrons. The number of aryl methyl sites for hydroxylation is 1. The first-order chi connectivity index (χ1) is 15.0. The van der Waals surface area contributed by atoms with Crippen molar-refractivity contribution in [3.63, 3.8) is 0 Å². The molecular formula is C22H24FN3O5S. The van der Waals surface area contributed by atoms with E-state index in [0.29, 0.717) is 12.8 Å². The average molecular weight is 462 g/mol. The van der Waals surface area contributed by atoms with Crippen LogP contribution < -0.4 is 10.9 Å². The summed E-state index contributed by atoms with van der Waals surface area (Å²) in [6, 6.07) is 8.24. The monoisotopic (exact) mass is 461 g/mol. The maximum Gasteiger partial charge on any atom is 0.273 e. The highest BCUT2D eigenvalue weighted by Crippen LogP contribution is 2.44. The molecule has 2 aliphatic rings. The van der Waals surface area contributed by atoms with Crippen molar-refractivity contribution in [1.82, 2.24) is 14.8 Å². The van der Waals surface area contributed by atoms with Crippen LogP contribution in [0.15, 0.2) is 35.1 Å². The van der Waals surface area contributed by atoms with Crippen molar-refractivity contribution in [3.05, 3.63) is 68.9 Å². The number of sulfone groups is 1. The van der Waals surface area contributed by atoms with Crippen LogP contribution in [0.25, 0.3) is 0 Å².